The molecular weight excluding hydrogens is 453 g/mol. The van der Waals surface area contributed by atoms with Gasteiger partial charge in [-0.3, -0.25) is 14.3 Å². The van der Waals surface area contributed by atoms with Crippen LogP contribution in [0.1, 0.15) is 17.3 Å². The van der Waals surface area contributed by atoms with Crippen LogP contribution < -0.4 is 15.4 Å². The second-order valence-corrected chi connectivity index (χ2v) is 10.1. The third-order valence-corrected chi connectivity index (χ3v) is 7.27. The van der Waals surface area contributed by atoms with Gasteiger partial charge in [0, 0.05) is 16.1 Å². The summed E-state index contributed by atoms with van der Waals surface area (Å²) in [5.74, 6) is -1.22. The van der Waals surface area contributed by atoms with Gasteiger partial charge in [-0.15, -0.1) is 11.8 Å². The van der Waals surface area contributed by atoms with Crippen LogP contribution in [0.2, 0.25) is 0 Å². The minimum absolute atomic E-state index is 0.0820. The van der Waals surface area contributed by atoms with E-state index in [-0.39, 0.29) is 21.7 Å². The lowest BCUT2D eigenvalue weighted by Crippen LogP contribution is -2.26. The number of amides is 2. The van der Waals surface area contributed by atoms with E-state index in [9.17, 15) is 22.4 Å². The number of carbonyl (C=O) groups excluding carboxylic acids is 2. The van der Waals surface area contributed by atoms with E-state index in [1.165, 1.54) is 54.2 Å². The summed E-state index contributed by atoms with van der Waals surface area (Å²) in [6, 6.07) is 16.0. The maximum Gasteiger partial charge on any atom is 0.261 e. The second kappa shape index (κ2) is 8.64. The molecular formula is C22H18FN3O4S2. The molecule has 0 saturated heterocycles. The van der Waals surface area contributed by atoms with E-state index in [2.05, 4.69) is 15.4 Å². The first-order chi connectivity index (χ1) is 15.2. The van der Waals surface area contributed by atoms with E-state index in [0.717, 1.165) is 11.0 Å². The fourth-order valence-electron chi connectivity index (χ4n) is 3.02. The van der Waals surface area contributed by atoms with E-state index >= 15 is 0 Å². The monoisotopic (exact) mass is 471 g/mol. The second-order valence-electron chi connectivity index (χ2n) is 7.02. The lowest BCUT2D eigenvalue weighted by atomic mass is 10.1. The summed E-state index contributed by atoms with van der Waals surface area (Å²) in [7, 11) is -4.00. The number of hydrogen-bond donors (Lipinski definition) is 3. The largest absolute Gasteiger partial charge is 0.324 e. The zero-order valence-electron chi connectivity index (χ0n) is 16.8. The molecule has 3 aromatic carbocycles. The minimum atomic E-state index is -4.00. The van der Waals surface area contributed by atoms with E-state index < -0.39 is 21.7 Å². The summed E-state index contributed by atoms with van der Waals surface area (Å²) < 4.78 is 40.9. The Morgan fingerprint density at radius 2 is 1.78 bits per heavy atom. The van der Waals surface area contributed by atoms with E-state index in [0.29, 0.717) is 16.9 Å². The average Bonchev–Trinajstić information content (AvgIpc) is 2.76. The molecule has 3 aromatic rings. The van der Waals surface area contributed by atoms with Crippen LogP contribution in [0.5, 0.6) is 0 Å². The van der Waals surface area contributed by atoms with Crippen molar-refractivity contribution in [2.45, 2.75) is 22.0 Å². The van der Waals surface area contributed by atoms with Gasteiger partial charge >= 0.3 is 0 Å². The molecule has 164 valence electrons. The van der Waals surface area contributed by atoms with Gasteiger partial charge in [-0.25, -0.2) is 12.8 Å². The summed E-state index contributed by atoms with van der Waals surface area (Å²) in [4.78, 5) is 25.3. The zero-order chi connectivity index (χ0) is 22.9. The van der Waals surface area contributed by atoms with E-state index in [1.807, 2.05) is 0 Å². The van der Waals surface area contributed by atoms with Crippen LogP contribution in [0.4, 0.5) is 21.5 Å². The number of anilines is 3. The molecule has 32 heavy (non-hydrogen) atoms. The number of sulfonamides is 1. The highest BCUT2D eigenvalue weighted by Gasteiger charge is 2.24. The van der Waals surface area contributed by atoms with Gasteiger partial charge in [-0.05, 0) is 61.5 Å². The normalized spacial score (nSPS) is 15.4. The number of rotatable bonds is 5. The van der Waals surface area contributed by atoms with Gasteiger partial charge in [0.2, 0.25) is 5.91 Å². The Kier molecular flexibility index (Phi) is 5.90. The fourth-order valence-corrected chi connectivity index (χ4v) is 5.02. The summed E-state index contributed by atoms with van der Waals surface area (Å²) in [6.45, 7) is 1.80. The van der Waals surface area contributed by atoms with Crippen LogP contribution in [0.15, 0.2) is 76.5 Å². The quantitative estimate of drug-likeness (QED) is 0.514. The van der Waals surface area contributed by atoms with Crippen LogP contribution >= 0.6 is 11.8 Å². The predicted octanol–water partition coefficient (Wildman–Crippen LogP) is 4.31. The molecule has 1 aliphatic heterocycles. The summed E-state index contributed by atoms with van der Waals surface area (Å²) in [6.07, 6.45) is 0. The summed E-state index contributed by atoms with van der Waals surface area (Å²) in [5, 5.41) is 5.26. The lowest BCUT2D eigenvalue weighted by Gasteiger charge is -2.21. The number of benzene rings is 3. The van der Waals surface area contributed by atoms with Gasteiger partial charge in [0.25, 0.3) is 15.9 Å². The highest BCUT2D eigenvalue weighted by Crippen LogP contribution is 2.36. The van der Waals surface area contributed by atoms with Crippen molar-refractivity contribution in [1.82, 2.24) is 0 Å². The van der Waals surface area contributed by atoms with Crippen LogP contribution in [-0.4, -0.2) is 25.5 Å². The first-order valence-electron chi connectivity index (χ1n) is 9.53. The Balaban J connectivity index is 1.47. The molecule has 2 amide bonds. The first-order valence-corrected chi connectivity index (χ1v) is 11.9. The highest BCUT2D eigenvalue weighted by molar-refractivity contribution is 8.01. The lowest BCUT2D eigenvalue weighted by molar-refractivity contribution is -0.115. The number of nitrogens with one attached hydrogen (secondary N) is 3. The third kappa shape index (κ3) is 4.61. The number of fused-ring (bicyclic) bond motifs is 1. The molecule has 7 nitrogen and oxygen atoms in total. The van der Waals surface area contributed by atoms with Crippen LogP contribution in [0.3, 0.4) is 0 Å². The molecule has 0 saturated carbocycles. The van der Waals surface area contributed by atoms with Crippen molar-refractivity contribution in [1.29, 1.82) is 0 Å². The van der Waals surface area contributed by atoms with Gasteiger partial charge in [0.1, 0.15) is 5.82 Å². The number of thioether (sulfide) groups is 1. The zero-order valence-corrected chi connectivity index (χ0v) is 18.4. The topological polar surface area (TPSA) is 104 Å². The third-order valence-electron chi connectivity index (χ3n) is 4.71. The van der Waals surface area contributed by atoms with Crippen LogP contribution in [0.25, 0.3) is 0 Å². The van der Waals surface area contributed by atoms with E-state index in [1.54, 1.807) is 25.1 Å². The molecule has 0 aromatic heterocycles. The van der Waals surface area contributed by atoms with Crippen LogP contribution in [-0.2, 0) is 14.8 Å². The first kappa shape index (κ1) is 21.8. The van der Waals surface area contributed by atoms with Gasteiger partial charge in [0.15, 0.2) is 0 Å². The molecule has 0 fully saturated rings. The van der Waals surface area contributed by atoms with Gasteiger partial charge in [0.05, 0.1) is 21.5 Å². The number of para-hydroxylation sites is 1. The molecule has 10 heteroatoms. The molecule has 1 atom stereocenters. The molecule has 0 aliphatic carbocycles. The Bertz CT molecular complexity index is 1310. The molecule has 0 spiro atoms. The van der Waals surface area contributed by atoms with Crippen molar-refractivity contribution in [3.63, 3.8) is 0 Å². The Labute approximate surface area is 188 Å². The predicted molar refractivity (Wildman–Crippen MR) is 122 cm³/mol. The van der Waals surface area contributed by atoms with Crippen molar-refractivity contribution in [3.05, 3.63) is 78.1 Å². The number of hydrogen-bond acceptors (Lipinski definition) is 5. The van der Waals surface area contributed by atoms with Gasteiger partial charge < -0.3 is 10.6 Å². The molecule has 4 rings (SSSR count). The average molecular weight is 472 g/mol. The SMILES string of the molecule is CC1Sc2ccc(C(=O)Nc3ccc(S(=O)(=O)Nc4ccccc4F)cc3)cc2NC1=O. The maximum absolute atomic E-state index is 13.8. The van der Waals surface area contributed by atoms with Crippen molar-refractivity contribution in [2.75, 3.05) is 15.4 Å². The molecule has 1 unspecified atom stereocenters. The molecule has 0 radical (unpaired) electrons. The van der Waals surface area contributed by atoms with Crippen molar-refractivity contribution < 1.29 is 22.4 Å². The standard InChI is InChI=1S/C22H18FN3O4S2/c1-13-21(27)25-19-12-14(6-11-20(19)31-13)22(28)24-15-7-9-16(10-8-15)32(29,30)26-18-5-3-2-4-17(18)23/h2-13,26H,1H3,(H,24,28)(H,25,27). The van der Waals surface area contributed by atoms with Crippen molar-refractivity contribution >= 4 is 50.7 Å². The van der Waals surface area contributed by atoms with Gasteiger partial charge in [-0.2, -0.15) is 0 Å². The molecule has 0 bridgehead atoms. The van der Waals surface area contributed by atoms with E-state index in [4.69, 9.17) is 0 Å². The highest BCUT2D eigenvalue weighted by atomic mass is 32.2. The Hall–Kier alpha value is -3.37. The Morgan fingerprint density at radius 3 is 2.50 bits per heavy atom. The molecule has 1 heterocycles. The smallest absolute Gasteiger partial charge is 0.261 e. The van der Waals surface area contributed by atoms with Crippen LogP contribution in [0, 0.1) is 5.82 Å². The Morgan fingerprint density at radius 1 is 1.06 bits per heavy atom. The molecule has 1 aliphatic rings. The van der Waals surface area contributed by atoms with Crippen molar-refractivity contribution in [2.24, 2.45) is 0 Å². The number of halogens is 1. The summed E-state index contributed by atoms with van der Waals surface area (Å²) in [5.41, 5.74) is 1.14. The fraction of sp³-hybridized carbons (Fsp3) is 0.0909. The number of carbonyl (C=O) groups is 2. The maximum atomic E-state index is 13.8. The molecule has 3 N–H and O–H groups in total. The van der Waals surface area contributed by atoms with Gasteiger partial charge in [-0.1, -0.05) is 12.1 Å². The van der Waals surface area contributed by atoms with Crippen molar-refractivity contribution in [3.8, 4) is 0 Å². The summed E-state index contributed by atoms with van der Waals surface area (Å²) >= 11 is 1.42. The minimum Gasteiger partial charge on any atom is -0.324 e.